The summed E-state index contributed by atoms with van der Waals surface area (Å²) in [6.07, 6.45) is 0.657. The van der Waals surface area contributed by atoms with Crippen molar-refractivity contribution in [1.29, 1.82) is 0 Å². The van der Waals surface area contributed by atoms with E-state index in [1.165, 1.54) is 21.2 Å². The van der Waals surface area contributed by atoms with Gasteiger partial charge in [-0.3, -0.25) is 4.79 Å². The zero-order chi connectivity index (χ0) is 14.6. The summed E-state index contributed by atoms with van der Waals surface area (Å²) in [5, 5.41) is 0. The smallest absolute Gasteiger partial charge is 0.385 e. The third-order valence-corrected chi connectivity index (χ3v) is 2.66. The third kappa shape index (κ3) is 3.22. The zero-order valence-electron chi connectivity index (χ0n) is 11.2. The highest BCUT2D eigenvalue weighted by Crippen LogP contribution is 2.02. The van der Waals surface area contributed by atoms with E-state index >= 15 is 0 Å². The summed E-state index contributed by atoms with van der Waals surface area (Å²) in [6.45, 7) is 0.433. The molecule has 104 valence electrons. The lowest BCUT2D eigenvalue weighted by Gasteiger charge is -2.17. The topological polar surface area (TPSA) is 105 Å². The summed E-state index contributed by atoms with van der Waals surface area (Å²) in [5.74, 6) is -1.27. The molecule has 8 nitrogen and oxygen atoms in total. The number of carbonyl (C=O) groups is 3. The molecular weight excluding hydrogens is 252 g/mol. The van der Waals surface area contributed by atoms with Crippen molar-refractivity contribution >= 4 is 29.4 Å². The predicted octanol–water partition coefficient (Wildman–Crippen LogP) is -1.03. The molecule has 0 unspecified atom stereocenters. The van der Waals surface area contributed by atoms with Crippen molar-refractivity contribution < 1.29 is 23.7 Å². The fourth-order valence-electron chi connectivity index (χ4n) is 1.50. The molecule has 0 aliphatic carbocycles. The number of methoxy groups -OCH3 is 1. The van der Waals surface area contributed by atoms with Gasteiger partial charge in [0.05, 0.1) is 14.1 Å². The molecule has 0 bridgehead atoms. The van der Waals surface area contributed by atoms with Crippen LogP contribution in [0.5, 0.6) is 0 Å². The SMILES string of the molecule is COCCCC(=O)N=C1C(=O)N(C)C(=O)[N+](C)=C1N. The molecule has 4 amide bonds. The molecule has 2 N–H and O–H groups in total. The highest BCUT2D eigenvalue weighted by atomic mass is 16.5. The van der Waals surface area contributed by atoms with Crippen LogP contribution in [0.4, 0.5) is 4.79 Å². The van der Waals surface area contributed by atoms with Gasteiger partial charge in [-0.1, -0.05) is 0 Å². The molecule has 0 aromatic heterocycles. The number of ether oxygens (including phenoxy) is 1. The second kappa shape index (κ2) is 6.19. The molecular formula is C11H17N4O4+. The number of hydrogen-bond acceptors (Lipinski definition) is 5. The van der Waals surface area contributed by atoms with Gasteiger partial charge in [0.25, 0.3) is 5.84 Å². The molecule has 0 saturated heterocycles. The fourth-order valence-corrected chi connectivity index (χ4v) is 1.50. The maximum Gasteiger partial charge on any atom is 0.445 e. The average Bonchev–Trinajstić information content (AvgIpc) is 2.39. The second-order valence-electron chi connectivity index (χ2n) is 4.04. The van der Waals surface area contributed by atoms with Gasteiger partial charge in [0.15, 0.2) is 0 Å². The molecule has 0 atom stereocenters. The number of hydrogen-bond donors (Lipinski definition) is 1. The predicted molar refractivity (Wildman–Crippen MR) is 67.1 cm³/mol. The molecule has 0 radical (unpaired) electrons. The van der Waals surface area contributed by atoms with Gasteiger partial charge in [-0.15, -0.1) is 0 Å². The summed E-state index contributed by atoms with van der Waals surface area (Å²) in [4.78, 5) is 39.5. The summed E-state index contributed by atoms with van der Waals surface area (Å²) in [5.41, 5.74) is 5.43. The maximum absolute atomic E-state index is 11.8. The van der Waals surface area contributed by atoms with Crippen LogP contribution in [0.25, 0.3) is 0 Å². The first-order valence-corrected chi connectivity index (χ1v) is 5.69. The van der Waals surface area contributed by atoms with Crippen molar-refractivity contribution in [3.05, 3.63) is 0 Å². The molecule has 8 heteroatoms. The standard InChI is InChI=1S/C11H16N4O4/c1-14-9(12)8(10(17)15(2)11(14)18)13-7(16)5-4-6-19-3/h12H,4-6H2,1-3H3/p+1. The Bertz CT molecular complexity index is 481. The molecule has 0 aromatic rings. The summed E-state index contributed by atoms with van der Waals surface area (Å²) < 4.78 is 5.89. The van der Waals surface area contributed by atoms with Crippen LogP contribution in [0.1, 0.15) is 12.8 Å². The van der Waals surface area contributed by atoms with Gasteiger partial charge in [-0.2, -0.15) is 14.5 Å². The van der Waals surface area contributed by atoms with E-state index in [0.29, 0.717) is 13.0 Å². The molecule has 19 heavy (non-hydrogen) atoms. The van der Waals surface area contributed by atoms with Crippen molar-refractivity contribution in [2.24, 2.45) is 10.7 Å². The number of amidine groups is 1. The quantitative estimate of drug-likeness (QED) is 0.519. The van der Waals surface area contributed by atoms with Crippen molar-refractivity contribution in [2.45, 2.75) is 12.8 Å². The Labute approximate surface area is 110 Å². The zero-order valence-corrected chi connectivity index (χ0v) is 11.2. The lowest BCUT2D eigenvalue weighted by atomic mass is 10.2. The van der Waals surface area contributed by atoms with E-state index in [-0.39, 0.29) is 18.0 Å². The van der Waals surface area contributed by atoms with Crippen LogP contribution in [0, 0.1) is 0 Å². The minimum Gasteiger partial charge on any atom is -0.385 e. The molecule has 1 aliphatic heterocycles. The molecule has 1 heterocycles. The van der Waals surface area contributed by atoms with E-state index in [9.17, 15) is 14.4 Å². The van der Waals surface area contributed by atoms with Crippen molar-refractivity contribution in [3.8, 4) is 0 Å². The first kappa shape index (κ1) is 15.0. The largest absolute Gasteiger partial charge is 0.445 e. The van der Waals surface area contributed by atoms with E-state index in [2.05, 4.69) is 4.99 Å². The lowest BCUT2D eigenvalue weighted by molar-refractivity contribution is -0.401. The van der Waals surface area contributed by atoms with Gasteiger partial charge in [0, 0.05) is 20.1 Å². The van der Waals surface area contributed by atoms with Crippen LogP contribution in [0.15, 0.2) is 4.99 Å². The van der Waals surface area contributed by atoms with Crippen LogP contribution in [-0.2, 0) is 14.3 Å². The number of carbonyl (C=O) groups excluding carboxylic acids is 3. The Morgan fingerprint density at radius 3 is 2.68 bits per heavy atom. The molecule has 0 spiro atoms. The highest BCUT2D eigenvalue weighted by Gasteiger charge is 2.39. The van der Waals surface area contributed by atoms with E-state index in [1.54, 1.807) is 0 Å². The number of rotatable bonds is 4. The minimum atomic E-state index is -0.680. The Hall–Kier alpha value is -2.09. The molecule has 0 saturated carbocycles. The summed E-state index contributed by atoms with van der Waals surface area (Å²) in [6, 6.07) is -0.562. The normalized spacial score (nSPS) is 18.5. The summed E-state index contributed by atoms with van der Waals surface area (Å²) in [7, 11) is 4.24. The van der Waals surface area contributed by atoms with Crippen molar-refractivity contribution in [1.82, 2.24) is 4.90 Å². The third-order valence-electron chi connectivity index (χ3n) is 2.66. The maximum atomic E-state index is 11.8. The van der Waals surface area contributed by atoms with Gasteiger partial charge in [0.2, 0.25) is 11.6 Å². The molecule has 1 aliphatic rings. The van der Waals surface area contributed by atoms with Gasteiger partial charge in [-0.05, 0) is 6.42 Å². The highest BCUT2D eigenvalue weighted by molar-refractivity contribution is 6.67. The van der Waals surface area contributed by atoms with Gasteiger partial charge < -0.3 is 10.5 Å². The number of nitrogens with two attached hydrogens (primary N) is 1. The van der Waals surface area contributed by atoms with Gasteiger partial charge in [0.1, 0.15) is 0 Å². The Balaban J connectivity index is 2.95. The van der Waals surface area contributed by atoms with Crippen LogP contribution in [-0.4, -0.2) is 66.7 Å². The number of urea groups is 1. The van der Waals surface area contributed by atoms with E-state index in [1.807, 2.05) is 0 Å². The van der Waals surface area contributed by atoms with E-state index < -0.39 is 17.8 Å². The van der Waals surface area contributed by atoms with Crippen LogP contribution in [0.3, 0.4) is 0 Å². The Morgan fingerprint density at radius 2 is 2.11 bits per heavy atom. The lowest BCUT2D eigenvalue weighted by Crippen LogP contribution is -2.55. The fraction of sp³-hybridized carbons (Fsp3) is 0.545. The number of amides is 4. The number of nitrogens with zero attached hydrogens (tertiary/aromatic N) is 3. The monoisotopic (exact) mass is 269 g/mol. The van der Waals surface area contributed by atoms with Gasteiger partial charge in [-0.25, -0.2) is 9.59 Å². The van der Waals surface area contributed by atoms with Crippen LogP contribution < -0.4 is 5.73 Å². The van der Waals surface area contributed by atoms with Crippen LogP contribution >= 0.6 is 0 Å². The van der Waals surface area contributed by atoms with Crippen LogP contribution in [0.2, 0.25) is 0 Å². The number of imide groups is 1. The molecule has 0 aromatic carbocycles. The Morgan fingerprint density at radius 1 is 1.47 bits per heavy atom. The van der Waals surface area contributed by atoms with Gasteiger partial charge >= 0.3 is 11.9 Å². The molecule has 1 rings (SSSR count). The van der Waals surface area contributed by atoms with Crippen molar-refractivity contribution in [3.63, 3.8) is 0 Å². The first-order chi connectivity index (χ1) is 8.90. The summed E-state index contributed by atoms with van der Waals surface area (Å²) >= 11 is 0. The minimum absolute atomic E-state index is 0.117. The Kier molecular flexibility index (Phi) is 4.87. The first-order valence-electron chi connectivity index (χ1n) is 5.69. The average molecular weight is 269 g/mol. The number of aliphatic imine (C=N–C) groups is 1. The van der Waals surface area contributed by atoms with Crippen molar-refractivity contribution in [2.75, 3.05) is 27.8 Å². The second-order valence-corrected chi connectivity index (χ2v) is 4.04. The van der Waals surface area contributed by atoms with E-state index in [4.69, 9.17) is 10.5 Å². The molecule has 0 fully saturated rings. The van der Waals surface area contributed by atoms with E-state index in [0.717, 1.165) is 9.48 Å².